The second-order valence-electron chi connectivity index (χ2n) is 3.46. The summed E-state index contributed by atoms with van der Waals surface area (Å²) in [7, 11) is 0. The number of nitrogens with one attached hydrogen (secondary N) is 1. The summed E-state index contributed by atoms with van der Waals surface area (Å²) in [4.78, 5) is 0. The van der Waals surface area contributed by atoms with Crippen molar-refractivity contribution in [3.05, 3.63) is 20.8 Å². The van der Waals surface area contributed by atoms with Gasteiger partial charge in [-0.05, 0) is 46.3 Å². The maximum atomic E-state index is 3.54. The molecule has 0 radical (unpaired) electrons. The lowest BCUT2D eigenvalue weighted by atomic mass is 10.2. The van der Waals surface area contributed by atoms with E-state index in [9.17, 15) is 0 Å². The van der Waals surface area contributed by atoms with Gasteiger partial charge in [-0.1, -0.05) is 13.8 Å². The Labute approximate surface area is 92.7 Å². The molecule has 0 spiro atoms. The van der Waals surface area contributed by atoms with Crippen LogP contribution in [0.25, 0.3) is 0 Å². The Kier molecular flexibility index (Phi) is 4.99. The van der Waals surface area contributed by atoms with E-state index in [-0.39, 0.29) is 0 Å². The summed E-state index contributed by atoms with van der Waals surface area (Å²) in [5.41, 5.74) is 1.44. The van der Waals surface area contributed by atoms with Crippen LogP contribution in [0.2, 0.25) is 0 Å². The molecular weight excluding hydrogens is 246 g/mol. The molecule has 0 atom stereocenters. The molecule has 0 aliphatic heterocycles. The van der Waals surface area contributed by atoms with E-state index in [0.717, 1.165) is 6.54 Å². The molecule has 0 saturated carbocycles. The molecule has 1 nitrogen and oxygen atoms in total. The highest BCUT2D eigenvalue weighted by atomic mass is 79.9. The van der Waals surface area contributed by atoms with Crippen molar-refractivity contribution in [2.75, 3.05) is 6.54 Å². The highest BCUT2D eigenvalue weighted by molar-refractivity contribution is 9.10. The molecule has 1 N–H and O–H groups in total. The van der Waals surface area contributed by atoms with Gasteiger partial charge in [-0.2, -0.15) is 11.3 Å². The van der Waals surface area contributed by atoms with Crippen LogP contribution in [0.3, 0.4) is 0 Å². The molecule has 0 unspecified atom stereocenters. The Bertz CT molecular complexity index is 245. The van der Waals surface area contributed by atoms with Crippen LogP contribution in [0.5, 0.6) is 0 Å². The molecule has 0 fully saturated rings. The Morgan fingerprint density at radius 1 is 1.46 bits per heavy atom. The summed E-state index contributed by atoms with van der Waals surface area (Å²) < 4.78 is 1.27. The fraction of sp³-hybridized carbons (Fsp3) is 0.600. The van der Waals surface area contributed by atoms with Crippen LogP contribution in [0.15, 0.2) is 15.2 Å². The van der Waals surface area contributed by atoms with Gasteiger partial charge in [0.2, 0.25) is 0 Å². The second kappa shape index (κ2) is 5.78. The lowest BCUT2D eigenvalue weighted by Crippen LogP contribution is -2.23. The van der Waals surface area contributed by atoms with E-state index in [2.05, 4.69) is 45.9 Å². The molecule has 0 aliphatic carbocycles. The first-order valence-corrected chi connectivity index (χ1v) is 6.37. The zero-order chi connectivity index (χ0) is 9.68. The third-order valence-electron chi connectivity index (χ3n) is 1.86. The smallest absolute Gasteiger partial charge is 0.0314 e. The molecule has 0 aliphatic rings. The minimum atomic E-state index is 0.603. The number of rotatable bonds is 5. The summed E-state index contributed by atoms with van der Waals surface area (Å²) >= 11 is 5.30. The highest BCUT2D eigenvalue weighted by Crippen LogP contribution is 2.22. The molecule has 0 amide bonds. The molecule has 1 rings (SSSR count). The zero-order valence-electron chi connectivity index (χ0n) is 8.14. The van der Waals surface area contributed by atoms with Crippen LogP contribution < -0.4 is 5.32 Å². The number of halogens is 1. The van der Waals surface area contributed by atoms with Gasteiger partial charge in [0, 0.05) is 15.9 Å². The number of thiophene rings is 1. The van der Waals surface area contributed by atoms with Gasteiger partial charge in [-0.25, -0.2) is 0 Å². The number of hydrogen-bond acceptors (Lipinski definition) is 2. The van der Waals surface area contributed by atoms with Crippen LogP contribution >= 0.6 is 27.3 Å². The summed E-state index contributed by atoms with van der Waals surface area (Å²) in [6.07, 6.45) is 2.39. The van der Waals surface area contributed by atoms with E-state index in [4.69, 9.17) is 0 Å². The molecule has 1 aromatic rings. The van der Waals surface area contributed by atoms with E-state index >= 15 is 0 Å². The minimum absolute atomic E-state index is 0.603. The van der Waals surface area contributed by atoms with E-state index < -0.39 is 0 Å². The van der Waals surface area contributed by atoms with E-state index in [1.54, 1.807) is 11.3 Å². The van der Waals surface area contributed by atoms with Gasteiger partial charge in [-0.3, -0.25) is 0 Å². The molecule has 3 heteroatoms. The maximum absolute atomic E-state index is 3.54. The van der Waals surface area contributed by atoms with Crippen molar-refractivity contribution in [3.8, 4) is 0 Å². The Balaban J connectivity index is 2.17. The van der Waals surface area contributed by atoms with Crippen LogP contribution in [0.4, 0.5) is 0 Å². The first-order chi connectivity index (χ1) is 6.20. The average Bonchev–Trinajstić information content (AvgIpc) is 2.45. The van der Waals surface area contributed by atoms with Gasteiger partial charge in [0.25, 0.3) is 0 Å². The van der Waals surface area contributed by atoms with E-state index in [1.807, 2.05) is 0 Å². The third kappa shape index (κ3) is 4.25. The molecular formula is C10H16BrNS. The maximum Gasteiger partial charge on any atom is 0.0314 e. The predicted octanol–water partition coefficient (Wildman–Crippen LogP) is 3.44. The van der Waals surface area contributed by atoms with E-state index in [1.165, 1.54) is 22.9 Å². The molecule has 0 aromatic carbocycles. The summed E-state index contributed by atoms with van der Waals surface area (Å²) in [5, 5.41) is 7.78. The normalized spacial score (nSPS) is 11.1. The average molecular weight is 262 g/mol. The largest absolute Gasteiger partial charge is 0.315 e. The Morgan fingerprint density at radius 3 is 2.77 bits per heavy atom. The van der Waals surface area contributed by atoms with Crippen molar-refractivity contribution in [2.45, 2.75) is 32.7 Å². The molecule has 0 saturated heterocycles. The first-order valence-electron chi connectivity index (χ1n) is 4.64. The van der Waals surface area contributed by atoms with Crippen LogP contribution in [0.1, 0.15) is 25.8 Å². The second-order valence-corrected chi connectivity index (χ2v) is 5.06. The van der Waals surface area contributed by atoms with Gasteiger partial charge in [0.1, 0.15) is 0 Å². The summed E-state index contributed by atoms with van der Waals surface area (Å²) in [6.45, 7) is 5.47. The van der Waals surface area contributed by atoms with E-state index in [0.29, 0.717) is 6.04 Å². The SMILES string of the molecule is CC(C)NCCCc1cscc1Br. The highest BCUT2D eigenvalue weighted by Gasteiger charge is 2.00. The fourth-order valence-electron chi connectivity index (χ4n) is 1.16. The Hall–Kier alpha value is 0.140. The quantitative estimate of drug-likeness (QED) is 0.801. The molecule has 0 bridgehead atoms. The minimum Gasteiger partial charge on any atom is -0.315 e. The van der Waals surface area contributed by atoms with Gasteiger partial charge in [0.15, 0.2) is 0 Å². The lowest BCUT2D eigenvalue weighted by molar-refractivity contribution is 0.570. The van der Waals surface area contributed by atoms with Crippen LogP contribution in [-0.4, -0.2) is 12.6 Å². The molecule has 13 heavy (non-hydrogen) atoms. The van der Waals surface area contributed by atoms with Crippen LogP contribution in [0, 0.1) is 0 Å². The fourth-order valence-corrected chi connectivity index (χ4v) is 2.69. The molecule has 1 heterocycles. The van der Waals surface area contributed by atoms with Gasteiger partial charge < -0.3 is 5.32 Å². The standard InChI is InChI=1S/C10H16BrNS/c1-8(2)12-5-3-4-9-6-13-7-10(9)11/h6-8,12H,3-5H2,1-2H3. The number of hydrogen-bond donors (Lipinski definition) is 1. The first kappa shape index (κ1) is 11.2. The summed E-state index contributed by atoms with van der Waals surface area (Å²) in [5.74, 6) is 0. The van der Waals surface area contributed by atoms with Gasteiger partial charge in [0.05, 0.1) is 0 Å². The predicted molar refractivity (Wildman–Crippen MR) is 63.5 cm³/mol. The van der Waals surface area contributed by atoms with Crippen molar-refractivity contribution >= 4 is 27.3 Å². The van der Waals surface area contributed by atoms with Crippen molar-refractivity contribution in [1.29, 1.82) is 0 Å². The van der Waals surface area contributed by atoms with Gasteiger partial charge >= 0.3 is 0 Å². The Morgan fingerprint density at radius 2 is 2.23 bits per heavy atom. The molecule has 74 valence electrons. The zero-order valence-corrected chi connectivity index (χ0v) is 10.5. The summed E-state index contributed by atoms with van der Waals surface area (Å²) in [6, 6.07) is 0.603. The van der Waals surface area contributed by atoms with Crippen molar-refractivity contribution < 1.29 is 0 Å². The van der Waals surface area contributed by atoms with Crippen LogP contribution in [-0.2, 0) is 6.42 Å². The lowest BCUT2D eigenvalue weighted by Gasteiger charge is -2.06. The third-order valence-corrected chi connectivity index (χ3v) is 3.70. The van der Waals surface area contributed by atoms with Gasteiger partial charge in [-0.15, -0.1) is 0 Å². The topological polar surface area (TPSA) is 12.0 Å². The number of aryl methyl sites for hydroxylation is 1. The van der Waals surface area contributed by atoms with Crippen molar-refractivity contribution in [1.82, 2.24) is 5.32 Å². The van der Waals surface area contributed by atoms with Crippen molar-refractivity contribution in [2.24, 2.45) is 0 Å². The van der Waals surface area contributed by atoms with Crippen molar-refractivity contribution in [3.63, 3.8) is 0 Å². The molecule has 1 aromatic heterocycles. The monoisotopic (exact) mass is 261 g/mol.